The van der Waals surface area contributed by atoms with Crippen molar-refractivity contribution >= 4 is 85.7 Å². The Morgan fingerprint density at radius 1 is 0.922 bits per heavy atom. The molecule has 0 saturated carbocycles. The van der Waals surface area contributed by atoms with Crippen molar-refractivity contribution in [2.24, 2.45) is 13.0 Å². The third-order valence-corrected chi connectivity index (χ3v) is 15.0. The zero-order valence-electron chi connectivity index (χ0n) is 44.0. The van der Waals surface area contributed by atoms with Crippen LogP contribution in [0.3, 0.4) is 0 Å². The average Bonchev–Trinajstić information content (AvgIpc) is 4.17. The van der Waals surface area contributed by atoms with E-state index in [1.807, 2.05) is 57.2 Å². The molecular weight excluding hydrogens is 1150 g/mol. The van der Waals surface area contributed by atoms with E-state index in [0.717, 1.165) is 68.6 Å². The minimum absolute atomic E-state index is 0.0483. The molecule has 1 unspecified atom stereocenters. The molecule has 3 atom stereocenters. The fourth-order valence-electron chi connectivity index (χ4n) is 9.37. The van der Waals surface area contributed by atoms with Crippen LogP contribution in [0.1, 0.15) is 61.7 Å². The Kier molecular flexibility index (Phi) is 20.9. The Morgan fingerprint density at radius 2 is 1.65 bits per heavy atom. The molecule has 77 heavy (non-hydrogen) atoms. The lowest BCUT2D eigenvalue weighted by Gasteiger charge is -2.32. The largest absolute Gasteiger partial charge is 0.491 e. The predicted molar refractivity (Wildman–Crippen MR) is 302 cm³/mol. The number of piperidine rings is 1. The van der Waals surface area contributed by atoms with Gasteiger partial charge in [0.25, 0.3) is 5.56 Å². The van der Waals surface area contributed by atoms with Gasteiger partial charge in [-0.3, -0.25) is 14.4 Å². The first-order chi connectivity index (χ1) is 37.3. The Bertz CT molecular complexity index is 2990. The minimum Gasteiger partial charge on any atom is -0.491 e. The van der Waals surface area contributed by atoms with Crippen LogP contribution in [-0.4, -0.2) is 148 Å². The number of benzene rings is 2. The fourth-order valence-corrected chi connectivity index (χ4v) is 10.5. The van der Waals surface area contributed by atoms with Gasteiger partial charge in [-0.25, -0.2) is 9.97 Å². The molecule has 0 bridgehead atoms. The lowest BCUT2D eigenvalue weighted by molar-refractivity contribution is -0.141. The van der Waals surface area contributed by atoms with Crippen molar-refractivity contribution in [1.82, 2.24) is 34.9 Å². The zero-order chi connectivity index (χ0) is 54.4. The number of pyridine rings is 1. The van der Waals surface area contributed by atoms with Gasteiger partial charge in [-0.05, 0) is 68.5 Å². The van der Waals surface area contributed by atoms with Crippen LogP contribution in [0.5, 0.6) is 11.5 Å². The molecule has 6 heterocycles. The number of ether oxygens (including phenoxy) is 6. The van der Waals surface area contributed by atoms with Crippen molar-refractivity contribution in [3.8, 4) is 21.9 Å². The summed E-state index contributed by atoms with van der Waals surface area (Å²) in [5.41, 5.74) is 6.42. The number of carbonyl (C=O) groups excluding carboxylic acids is 2. The first-order valence-electron chi connectivity index (χ1n) is 25.9. The Balaban J connectivity index is 0.709. The third-order valence-electron chi connectivity index (χ3n) is 13.3. The van der Waals surface area contributed by atoms with E-state index in [-0.39, 0.29) is 55.5 Å². The third kappa shape index (κ3) is 15.2. The van der Waals surface area contributed by atoms with Crippen molar-refractivity contribution in [1.29, 1.82) is 0 Å². The van der Waals surface area contributed by atoms with E-state index in [1.165, 1.54) is 16.2 Å². The van der Waals surface area contributed by atoms with Crippen LogP contribution in [0, 0.1) is 19.8 Å². The van der Waals surface area contributed by atoms with Gasteiger partial charge in [0.2, 0.25) is 17.8 Å². The van der Waals surface area contributed by atoms with Gasteiger partial charge in [0, 0.05) is 66.8 Å². The number of aliphatic hydroxyl groups is 1. The highest BCUT2D eigenvalue weighted by molar-refractivity contribution is 14.1. The van der Waals surface area contributed by atoms with Crippen molar-refractivity contribution in [3.05, 3.63) is 98.3 Å². The second-order valence-electron chi connectivity index (χ2n) is 19.2. The topological polar surface area (TPSA) is 227 Å². The van der Waals surface area contributed by atoms with E-state index in [0.29, 0.717) is 92.6 Å². The van der Waals surface area contributed by atoms with Gasteiger partial charge in [0.1, 0.15) is 35.1 Å². The molecule has 2 fully saturated rings. The molecule has 6 aromatic rings. The number of hydrogen-bond donors (Lipinski definition) is 3. The van der Waals surface area contributed by atoms with Gasteiger partial charge in [-0.15, -0.1) is 11.3 Å². The number of aromatic nitrogens is 5. The molecule has 0 aliphatic carbocycles. The van der Waals surface area contributed by atoms with Gasteiger partial charge in [-0.2, -0.15) is 4.98 Å². The molecule has 23 heteroatoms. The monoisotopic (exact) mass is 1210 g/mol. The molecule has 0 spiro atoms. The number of nitrogens with zero attached hydrogens (tertiary/aromatic N) is 7. The SMILES string of the molecule is Cc1cc(C(C(=O)N2C[C@H](O)C[C@H]2C(=O)NCc2ccc(-c3scnc3C)cc2OCCOCCOCCOCCOC2CCN(c3ncc(Cl)c(Nc4ccc5c(c4)cc(OCCI)c(=O)n5C)n3)CC2)C(C)C)on1. The maximum atomic E-state index is 13.9. The highest BCUT2D eigenvalue weighted by Crippen LogP contribution is 2.34. The number of aryl methyl sites for hydroxylation is 3. The van der Waals surface area contributed by atoms with Crippen LogP contribution in [-0.2, 0) is 42.1 Å². The first kappa shape index (κ1) is 57.7. The van der Waals surface area contributed by atoms with Crippen LogP contribution in [0.15, 0.2) is 69.6 Å². The zero-order valence-corrected chi connectivity index (χ0v) is 47.7. The normalized spacial score (nSPS) is 16.4. The fraction of sp³-hybridized carbons (Fsp3) is 0.500. The average molecular weight is 1210 g/mol. The number of fused-ring (bicyclic) bond motifs is 1. The summed E-state index contributed by atoms with van der Waals surface area (Å²) in [5.74, 6) is 0.980. The highest BCUT2D eigenvalue weighted by Gasteiger charge is 2.43. The van der Waals surface area contributed by atoms with E-state index in [1.54, 1.807) is 42.4 Å². The first-order valence-corrected chi connectivity index (χ1v) is 28.6. The summed E-state index contributed by atoms with van der Waals surface area (Å²) in [6.07, 6.45) is 2.62. The van der Waals surface area contributed by atoms with Gasteiger partial charge in [-0.1, -0.05) is 65.3 Å². The van der Waals surface area contributed by atoms with Crippen molar-refractivity contribution in [2.75, 3.05) is 93.7 Å². The maximum Gasteiger partial charge on any atom is 0.293 e. The number of nitrogens with one attached hydrogen (secondary N) is 2. The number of alkyl halides is 1. The molecule has 2 aliphatic rings. The van der Waals surface area contributed by atoms with Gasteiger partial charge in [0.15, 0.2) is 11.6 Å². The lowest BCUT2D eigenvalue weighted by atomic mass is 9.91. The van der Waals surface area contributed by atoms with Gasteiger partial charge in [0.05, 0.1) is 98.6 Å². The summed E-state index contributed by atoms with van der Waals surface area (Å²) < 4.78 is 43.2. The molecule has 2 aromatic carbocycles. The molecule has 8 rings (SSSR count). The molecule has 3 N–H and O–H groups in total. The number of β-amino-alcohol motifs (C(OH)–C–C–N with tert-alkyl or cyclic N) is 1. The molecule has 20 nitrogen and oxygen atoms in total. The highest BCUT2D eigenvalue weighted by atomic mass is 127. The number of hydrogen-bond acceptors (Lipinski definition) is 18. The molecule has 414 valence electrons. The summed E-state index contributed by atoms with van der Waals surface area (Å²) >= 11 is 10.3. The summed E-state index contributed by atoms with van der Waals surface area (Å²) in [6, 6.07) is 14.2. The Labute approximate surface area is 470 Å². The van der Waals surface area contributed by atoms with Crippen molar-refractivity contribution in [2.45, 2.75) is 77.7 Å². The standard InChI is InChI=1S/C54H67ClIN9O11S/c1-33(2)48(46-24-34(3)62-76-46)53(69)65-31-40(66)28-44(65)51(67)57-29-37-7-6-36(49-35(4)59-32-77-49)26-45(37)75-23-21-72-19-17-70-16-18-71-20-22-73-41-10-13-64(14-11-41)54-58-30-42(55)50(61-54)60-39-8-9-43-38(25-39)27-47(74-15-12-56)52(68)63(43)5/h6-9,24-27,30,32-33,40-41,44,48,66H,10-23,28-29,31H2,1-5H3,(H,57,67)(H,58,60,61)/t40-,44+,48?/m1/s1. The minimum atomic E-state index is -0.853. The Morgan fingerprint density at radius 3 is 2.34 bits per heavy atom. The smallest absolute Gasteiger partial charge is 0.293 e. The second-order valence-corrected chi connectivity index (χ2v) is 21.6. The number of anilines is 3. The van der Waals surface area contributed by atoms with E-state index in [2.05, 4.69) is 53.2 Å². The molecular formula is C54H67ClIN9O11S. The number of likely N-dealkylation sites (tertiary alicyclic amines) is 1. The number of rotatable bonds is 27. The number of carbonyl (C=O) groups is 2. The Hall–Kier alpha value is -5.47. The van der Waals surface area contributed by atoms with E-state index < -0.39 is 18.1 Å². The van der Waals surface area contributed by atoms with E-state index in [4.69, 9.17) is 49.5 Å². The molecule has 2 amide bonds. The van der Waals surface area contributed by atoms with E-state index in [9.17, 15) is 19.5 Å². The molecule has 2 aliphatic heterocycles. The molecule has 4 aromatic heterocycles. The van der Waals surface area contributed by atoms with Crippen molar-refractivity contribution < 1.29 is 47.6 Å². The maximum absolute atomic E-state index is 13.9. The summed E-state index contributed by atoms with van der Waals surface area (Å²) in [4.78, 5) is 58.7. The van der Waals surface area contributed by atoms with Crippen LogP contribution in [0.2, 0.25) is 5.02 Å². The number of amides is 2. The van der Waals surface area contributed by atoms with Crippen molar-refractivity contribution in [3.63, 3.8) is 0 Å². The van der Waals surface area contributed by atoms with Gasteiger partial charge >= 0.3 is 0 Å². The second kappa shape index (κ2) is 27.9. The van der Waals surface area contributed by atoms with E-state index >= 15 is 0 Å². The van der Waals surface area contributed by atoms with Crippen LogP contribution < -0.4 is 30.6 Å². The van der Waals surface area contributed by atoms with Crippen LogP contribution in [0.4, 0.5) is 17.5 Å². The lowest BCUT2D eigenvalue weighted by Crippen LogP contribution is -2.48. The summed E-state index contributed by atoms with van der Waals surface area (Å²) in [7, 11) is 1.73. The van der Waals surface area contributed by atoms with Crippen LogP contribution >= 0.6 is 45.5 Å². The summed E-state index contributed by atoms with van der Waals surface area (Å²) in [5, 5.41) is 22.2. The number of thiazole rings is 1. The van der Waals surface area contributed by atoms with Gasteiger partial charge < -0.3 is 63.1 Å². The number of aliphatic hydroxyl groups excluding tert-OH is 1. The number of halogens is 2. The quantitative estimate of drug-likeness (QED) is 0.0259. The summed E-state index contributed by atoms with van der Waals surface area (Å²) in [6.45, 7) is 12.8. The molecule has 0 radical (unpaired) electrons. The predicted octanol–water partition coefficient (Wildman–Crippen LogP) is 7.40. The van der Waals surface area contributed by atoms with Crippen LogP contribution in [0.25, 0.3) is 21.3 Å². The molecule has 2 saturated heterocycles.